The molecule has 0 spiro atoms. The molecule has 0 radical (unpaired) electrons. The lowest BCUT2D eigenvalue weighted by Crippen LogP contribution is -2.14. The minimum Gasteiger partial charge on any atom is -0.463 e. The highest BCUT2D eigenvalue weighted by atomic mass is 16.6. The van der Waals surface area contributed by atoms with E-state index in [1.54, 1.807) is 20.8 Å². The van der Waals surface area contributed by atoms with Crippen molar-refractivity contribution in [2.24, 2.45) is 11.8 Å². The second-order valence-corrected chi connectivity index (χ2v) is 11.1. The summed E-state index contributed by atoms with van der Waals surface area (Å²) in [5.41, 5.74) is 0. The first kappa shape index (κ1) is 43.5. The third-order valence-electron chi connectivity index (χ3n) is 6.21. The highest BCUT2D eigenvalue weighted by molar-refractivity contribution is 5.99. The largest absolute Gasteiger partial charge is 0.463 e. The van der Waals surface area contributed by atoms with E-state index in [0.717, 1.165) is 24.3 Å². The van der Waals surface area contributed by atoms with Crippen LogP contribution >= 0.6 is 0 Å². The van der Waals surface area contributed by atoms with E-state index in [0.29, 0.717) is 37.8 Å². The number of ether oxygens (including phenoxy) is 5. The molecule has 0 heterocycles. The van der Waals surface area contributed by atoms with Gasteiger partial charge in [0, 0.05) is 49.6 Å². The van der Waals surface area contributed by atoms with Crippen molar-refractivity contribution in [2.45, 2.75) is 91.3 Å². The Morgan fingerprint density at radius 1 is 0.479 bits per heavy atom. The molecule has 0 saturated heterocycles. The third kappa shape index (κ3) is 26.7. The summed E-state index contributed by atoms with van der Waals surface area (Å²) in [6.07, 6.45) is 5.27. The van der Waals surface area contributed by atoms with Gasteiger partial charge in [-0.2, -0.15) is 0 Å². The molecule has 2 N–H and O–H groups in total. The molecule has 0 saturated carbocycles. The van der Waals surface area contributed by atoms with E-state index in [2.05, 4.69) is 14.2 Å². The lowest BCUT2D eigenvalue weighted by atomic mass is 10.0. The summed E-state index contributed by atoms with van der Waals surface area (Å²) < 4.78 is 23.8. The van der Waals surface area contributed by atoms with Crippen molar-refractivity contribution in [3.05, 3.63) is 36.5 Å². The first-order valence-corrected chi connectivity index (χ1v) is 15.5. The standard InChI is InChI=1S/C33H46O15/c1-22(17-19-44-27(37)12-9-26(36)8-7-24(3)34)5-10-30(40)47-32(42)15-16-33(43)48-31(41)11-6-23(2)18-20-45-28(38)13-14-29(39)46-21-25(4)35/h9,12-16,22-25,34-35H,5-8,10-11,17-21H2,1-4H3/b12-9+,14-13+,16-15+. The molecule has 0 fully saturated rings. The predicted octanol–water partition coefficient (Wildman–Crippen LogP) is 2.15. The van der Waals surface area contributed by atoms with Crippen molar-refractivity contribution in [2.75, 3.05) is 19.8 Å². The predicted molar refractivity (Wildman–Crippen MR) is 166 cm³/mol. The topological polar surface area (TPSA) is 223 Å². The Labute approximate surface area is 279 Å². The van der Waals surface area contributed by atoms with Gasteiger partial charge in [0.15, 0.2) is 5.78 Å². The number of aliphatic hydroxyl groups excluding tert-OH is 2. The molecular weight excluding hydrogens is 636 g/mol. The van der Waals surface area contributed by atoms with Crippen LogP contribution in [0, 0.1) is 11.8 Å². The van der Waals surface area contributed by atoms with Crippen molar-refractivity contribution >= 4 is 47.6 Å². The van der Waals surface area contributed by atoms with Crippen LogP contribution in [0.25, 0.3) is 0 Å². The smallest absolute Gasteiger partial charge is 0.338 e. The minimum atomic E-state index is -1.13. The number of rotatable bonds is 23. The van der Waals surface area contributed by atoms with Gasteiger partial charge in [0.25, 0.3) is 0 Å². The number of ketones is 1. The second kappa shape index (κ2) is 25.6. The molecule has 268 valence electrons. The lowest BCUT2D eigenvalue weighted by molar-refractivity contribution is -0.159. The van der Waals surface area contributed by atoms with Crippen molar-refractivity contribution in [1.29, 1.82) is 0 Å². The molecule has 0 aliphatic rings. The fraction of sp³-hybridized carbons (Fsp3) is 0.576. The van der Waals surface area contributed by atoms with Gasteiger partial charge >= 0.3 is 41.8 Å². The highest BCUT2D eigenvalue weighted by Gasteiger charge is 2.14. The Kier molecular flexibility index (Phi) is 23.2. The summed E-state index contributed by atoms with van der Waals surface area (Å²) in [6, 6.07) is 0. The van der Waals surface area contributed by atoms with Gasteiger partial charge in [-0.1, -0.05) is 13.8 Å². The number of allylic oxidation sites excluding steroid dienone is 1. The van der Waals surface area contributed by atoms with E-state index in [1.807, 2.05) is 0 Å². The fourth-order valence-electron chi connectivity index (χ4n) is 3.35. The molecule has 0 amide bonds. The maximum atomic E-state index is 11.9. The van der Waals surface area contributed by atoms with Gasteiger partial charge in [0.1, 0.15) is 6.61 Å². The zero-order valence-electron chi connectivity index (χ0n) is 27.8. The quantitative estimate of drug-likeness (QED) is 0.0682. The number of aliphatic hydroxyl groups is 2. The fourth-order valence-corrected chi connectivity index (χ4v) is 3.35. The molecule has 0 aliphatic carbocycles. The molecule has 4 unspecified atom stereocenters. The first-order valence-electron chi connectivity index (χ1n) is 15.5. The first-order chi connectivity index (χ1) is 22.6. The van der Waals surface area contributed by atoms with Gasteiger partial charge in [0.05, 0.1) is 25.4 Å². The monoisotopic (exact) mass is 682 g/mol. The molecule has 0 aliphatic heterocycles. The SMILES string of the molecule is CC(O)CCC(=O)/C=C/C(=O)OCCC(C)CCC(=O)OC(=O)/C=C/C(=O)OC(=O)CCC(C)CCOC(=O)/C=C/C(=O)OCC(C)O. The average molecular weight is 683 g/mol. The number of carbonyl (C=O) groups excluding carboxylic acids is 8. The number of carbonyl (C=O) groups is 8. The Morgan fingerprint density at radius 3 is 1.29 bits per heavy atom. The van der Waals surface area contributed by atoms with Gasteiger partial charge in [-0.05, 0) is 63.9 Å². The van der Waals surface area contributed by atoms with Crippen LogP contribution in [0.3, 0.4) is 0 Å². The molecule has 0 rings (SSSR count). The van der Waals surface area contributed by atoms with E-state index in [1.165, 1.54) is 6.92 Å². The van der Waals surface area contributed by atoms with Gasteiger partial charge in [-0.15, -0.1) is 0 Å². The minimum absolute atomic E-state index is 0.00809. The van der Waals surface area contributed by atoms with Gasteiger partial charge < -0.3 is 33.9 Å². The van der Waals surface area contributed by atoms with E-state index in [9.17, 15) is 38.4 Å². The van der Waals surface area contributed by atoms with Crippen molar-refractivity contribution in [3.8, 4) is 0 Å². The van der Waals surface area contributed by atoms with E-state index < -0.39 is 54.0 Å². The molecule has 0 aromatic rings. The van der Waals surface area contributed by atoms with Crippen LogP contribution in [0.5, 0.6) is 0 Å². The summed E-state index contributed by atoms with van der Waals surface area (Å²) in [4.78, 5) is 93.7. The lowest BCUT2D eigenvalue weighted by Gasteiger charge is -2.10. The number of hydrogen-bond acceptors (Lipinski definition) is 15. The van der Waals surface area contributed by atoms with Crippen LogP contribution in [0.4, 0.5) is 0 Å². The molecule has 0 aromatic carbocycles. The third-order valence-corrected chi connectivity index (χ3v) is 6.21. The average Bonchev–Trinajstić information content (AvgIpc) is 3.01. The molecule has 48 heavy (non-hydrogen) atoms. The summed E-state index contributed by atoms with van der Waals surface area (Å²) in [6.45, 7) is 6.41. The second-order valence-electron chi connectivity index (χ2n) is 11.1. The van der Waals surface area contributed by atoms with Crippen LogP contribution in [0.1, 0.15) is 79.1 Å². The molecule has 0 aromatic heterocycles. The van der Waals surface area contributed by atoms with Crippen LogP contribution in [-0.2, 0) is 62.0 Å². The van der Waals surface area contributed by atoms with Gasteiger partial charge in [-0.3, -0.25) is 14.4 Å². The van der Waals surface area contributed by atoms with E-state index in [-0.39, 0.29) is 63.1 Å². The molecular formula is C33H46O15. The van der Waals surface area contributed by atoms with Crippen LogP contribution in [0.15, 0.2) is 36.5 Å². The maximum Gasteiger partial charge on any atom is 0.338 e. The maximum absolute atomic E-state index is 11.9. The van der Waals surface area contributed by atoms with Crippen molar-refractivity contribution < 1.29 is 72.3 Å². The van der Waals surface area contributed by atoms with E-state index >= 15 is 0 Å². The van der Waals surface area contributed by atoms with Crippen LogP contribution in [0.2, 0.25) is 0 Å². The Morgan fingerprint density at radius 2 is 0.875 bits per heavy atom. The summed E-state index contributed by atoms with van der Waals surface area (Å²) >= 11 is 0. The Hall–Kier alpha value is -4.50. The Bertz CT molecular complexity index is 1090. The van der Waals surface area contributed by atoms with Gasteiger partial charge in [0.2, 0.25) is 0 Å². The summed E-state index contributed by atoms with van der Waals surface area (Å²) in [7, 11) is 0. The molecule has 0 bridgehead atoms. The highest BCUT2D eigenvalue weighted by Crippen LogP contribution is 2.12. The van der Waals surface area contributed by atoms with Crippen LogP contribution < -0.4 is 0 Å². The Balaban J connectivity index is 4.17. The normalized spacial score (nSPS) is 13.8. The summed E-state index contributed by atoms with van der Waals surface area (Å²) in [5, 5.41) is 18.2. The molecule has 15 heteroatoms. The van der Waals surface area contributed by atoms with E-state index in [4.69, 9.17) is 19.7 Å². The number of hydrogen-bond donors (Lipinski definition) is 2. The molecule has 15 nitrogen and oxygen atoms in total. The summed E-state index contributed by atoms with van der Waals surface area (Å²) in [5.74, 6) is -6.72. The molecule has 4 atom stereocenters. The number of esters is 7. The van der Waals surface area contributed by atoms with Crippen molar-refractivity contribution in [3.63, 3.8) is 0 Å². The van der Waals surface area contributed by atoms with Crippen molar-refractivity contribution in [1.82, 2.24) is 0 Å². The zero-order valence-corrected chi connectivity index (χ0v) is 27.8. The zero-order chi connectivity index (χ0) is 36.5. The van der Waals surface area contributed by atoms with Gasteiger partial charge in [-0.25, -0.2) is 24.0 Å². The van der Waals surface area contributed by atoms with Crippen LogP contribution in [-0.4, -0.2) is 89.8 Å².